The van der Waals surface area contributed by atoms with Crippen molar-refractivity contribution >= 4 is 28.6 Å². The molecule has 5 rings (SSSR count). The average molecular weight is 434 g/mol. The number of anilines is 2. The van der Waals surface area contributed by atoms with E-state index in [1.165, 1.54) is 16.1 Å². The molecule has 2 aliphatic heterocycles. The second-order valence-corrected chi connectivity index (χ2v) is 9.13. The van der Waals surface area contributed by atoms with Gasteiger partial charge in [0.15, 0.2) is 0 Å². The minimum Gasteiger partial charge on any atom is -0.379 e. The molecule has 1 aromatic heterocycles. The van der Waals surface area contributed by atoms with Crippen LogP contribution in [0.3, 0.4) is 0 Å². The SMILES string of the molecule is O=C(Nc1ccc(N2CCc3sccc3C2)cc1)c1cccc(CN2CCOCC2)c1. The first-order chi connectivity index (χ1) is 15.2. The number of hydrogen-bond donors (Lipinski definition) is 1. The van der Waals surface area contributed by atoms with E-state index >= 15 is 0 Å². The third-order valence-electron chi connectivity index (χ3n) is 6.00. The molecule has 31 heavy (non-hydrogen) atoms. The maximum atomic E-state index is 12.8. The Kier molecular flexibility index (Phi) is 6.02. The second kappa shape index (κ2) is 9.22. The van der Waals surface area contributed by atoms with Gasteiger partial charge in [-0.3, -0.25) is 9.69 Å². The third-order valence-corrected chi connectivity index (χ3v) is 7.02. The van der Waals surface area contributed by atoms with Crippen LogP contribution in [-0.4, -0.2) is 43.7 Å². The number of nitrogens with zero attached hydrogens (tertiary/aromatic N) is 2. The second-order valence-electron chi connectivity index (χ2n) is 8.13. The van der Waals surface area contributed by atoms with Crippen molar-refractivity contribution in [2.75, 3.05) is 43.1 Å². The monoisotopic (exact) mass is 433 g/mol. The molecule has 1 saturated heterocycles. The molecule has 0 unspecified atom stereocenters. The molecule has 0 saturated carbocycles. The van der Waals surface area contributed by atoms with Crippen LogP contribution >= 0.6 is 11.3 Å². The van der Waals surface area contributed by atoms with Crippen molar-refractivity contribution < 1.29 is 9.53 Å². The lowest BCUT2D eigenvalue weighted by atomic mass is 10.1. The first kappa shape index (κ1) is 20.2. The number of hydrogen-bond acceptors (Lipinski definition) is 5. The number of ether oxygens (including phenoxy) is 1. The molecule has 6 heteroatoms. The fraction of sp³-hybridized carbons (Fsp3) is 0.320. The number of carbonyl (C=O) groups is 1. The maximum Gasteiger partial charge on any atom is 0.255 e. The summed E-state index contributed by atoms with van der Waals surface area (Å²) in [4.78, 5) is 19.1. The largest absolute Gasteiger partial charge is 0.379 e. The zero-order valence-electron chi connectivity index (χ0n) is 17.5. The van der Waals surface area contributed by atoms with E-state index < -0.39 is 0 Å². The Morgan fingerprint density at radius 1 is 1.03 bits per heavy atom. The molecule has 160 valence electrons. The smallest absolute Gasteiger partial charge is 0.255 e. The highest BCUT2D eigenvalue weighted by Gasteiger charge is 2.17. The van der Waals surface area contributed by atoms with Gasteiger partial charge in [0.05, 0.1) is 13.2 Å². The van der Waals surface area contributed by atoms with Gasteiger partial charge in [0, 0.05) is 54.5 Å². The lowest BCUT2D eigenvalue weighted by Crippen LogP contribution is -2.35. The first-order valence-corrected chi connectivity index (χ1v) is 11.7. The van der Waals surface area contributed by atoms with E-state index in [2.05, 4.69) is 44.8 Å². The average Bonchev–Trinajstić information content (AvgIpc) is 3.28. The van der Waals surface area contributed by atoms with Crippen molar-refractivity contribution in [3.8, 4) is 0 Å². The molecule has 2 aliphatic rings. The van der Waals surface area contributed by atoms with Gasteiger partial charge in [0.1, 0.15) is 0 Å². The molecule has 0 bridgehead atoms. The fourth-order valence-corrected chi connectivity index (χ4v) is 5.15. The normalized spacial score (nSPS) is 16.7. The Hall–Kier alpha value is -2.67. The van der Waals surface area contributed by atoms with E-state index in [-0.39, 0.29) is 5.91 Å². The van der Waals surface area contributed by atoms with E-state index in [1.807, 2.05) is 41.7 Å². The first-order valence-electron chi connectivity index (χ1n) is 10.9. The number of carbonyl (C=O) groups excluding carboxylic acids is 1. The Morgan fingerprint density at radius 2 is 1.87 bits per heavy atom. The van der Waals surface area contributed by atoms with Gasteiger partial charge in [0.2, 0.25) is 0 Å². The predicted molar refractivity (Wildman–Crippen MR) is 126 cm³/mol. The summed E-state index contributed by atoms with van der Waals surface area (Å²) in [6.45, 7) is 6.28. The molecular formula is C25H27N3O2S. The zero-order valence-corrected chi connectivity index (χ0v) is 18.4. The number of rotatable bonds is 5. The predicted octanol–water partition coefficient (Wildman–Crippen LogP) is 4.40. The number of nitrogens with one attached hydrogen (secondary N) is 1. The number of fused-ring (bicyclic) bond motifs is 1. The molecule has 3 aromatic rings. The van der Waals surface area contributed by atoms with Gasteiger partial charge in [0.25, 0.3) is 5.91 Å². The summed E-state index contributed by atoms with van der Waals surface area (Å²) in [5, 5.41) is 5.22. The molecular weight excluding hydrogens is 406 g/mol. The van der Waals surface area contributed by atoms with E-state index in [4.69, 9.17) is 4.74 Å². The molecule has 0 radical (unpaired) electrons. The summed E-state index contributed by atoms with van der Waals surface area (Å²) in [6.07, 6.45) is 1.10. The summed E-state index contributed by atoms with van der Waals surface area (Å²) in [6, 6.07) is 18.3. The zero-order chi connectivity index (χ0) is 21.0. The summed E-state index contributed by atoms with van der Waals surface area (Å²) in [5.74, 6) is -0.0718. The molecule has 0 spiro atoms. The van der Waals surface area contributed by atoms with Crippen LogP contribution in [0.25, 0.3) is 0 Å². The van der Waals surface area contributed by atoms with Crippen molar-refractivity contribution in [1.29, 1.82) is 0 Å². The summed E-state index contributed by atoms with van der Waals surface area (Å²) < 4.78 is 5.42. The highest BCUT2D eigenvalue weighted by Crippen LogP contribution is 2.28. The molecule has 1 amide bonds. The number of morpholine rings is 1. The molecule has 3 heterocycles. The van der Waals surface area contributed by atoms with Crippen LogP contribution in [0.1, 0.15) is 26.4 Å². The molecule has 0 atom stereocenters. The van der Waals surface area contributed by atoms with Gasteiger partial charge in [-0.1, -0.05) is 12.1 Å². The van der Waals surface area contributed by atoms with Crippen molar-refractivity contribution in [3.63, 3.8) is 0 Å². The van der Waals surface area contributed by atoms with E-state index in [0.717, 1.165) is 63.6 Å². The van der Waals surface area contributed by atoms with Gasteiger partial charge in [-0.25, -0.2) is 0 Å². The fourth-order valence-electron chi connectivity index (χ4n) is 4.26. The standard InChI is InChI=1S/C25H27N3O2S/c29-25(20-3-1-2-19(16-20)17-27-11-13-30-14-12-27)26-22-4-6-23(7-5-22)28-10-8-24-21(18-28)9-15-31-24/h1-7,9,15-16H,8,10-14,17-18H2,(H,26,29). The lowest BCUT2D eigenvalue weighted by Gasteiger charge is -2.29. The van der Waals surface area contributed by atoms with Crippen LogP contribution in [0, 0.1) is 0 Å². The van der Waals surface area contributed by atoms with Gasteiger partial charge in [-0.15, -0.1) is 11.3 Å². The molecule has 0 aliphatic carbocycles. The molecule has 2 aromatic carbocycles. The number of benzene rings is 2. The van der Waals surface area contributed by atoms with E-state index in [0.29, 0.717) is 5.56 Å². The maximum absolute atomic E-state index is 12.8. The topological polar surface area (TPSA) is 44.8 Å². The van der Waals surface area contributed by atoms with Gasteiger partial charge in [-0.05, 0) is 65.4 Å². The van der Waals surface area contributed by atoms with E-state index in [9.17, 15) is 4.79 Å². The van der Waals surface area contributed by atoms with Crippen molar-refractivity contribution in [1.82, 2.24) is 4.90 Å². The van der Waals surface area contributed by atoms with Crippen LogP contribution in [-0.2, 0) is 24.2 Å². The van der Waals surface area contributed by atoms with E-state index in [1.54, 1.807) is 0 Å². The summed E-state index contributed by atoms with van der Waals surface area (Å²) >= 11 is 1.86. The number of thiophene rings is 1. The van der Waals surface area contributed by atoms with Crippen molar-refractivity contribution in [2.24, 2.45) is 0 Å². The highest BCUT2D eigenvalue weighted by molar-refractivity contribution is 7.10. The van der Waals surface area contributed by atoms with Gasteiger partial charge < -0.3 is 15.0 Å². The third kappa shape index (κ3) is 4.82. The molecule has 5 nitrogen and oxygen atoms in total. The van der Waals surface area contributed by atoms with Crippen molar-refractivity contribution in [2.45, 2.75) is 19.5 Å². The number of amides is 1. The van der Waals surface area contributed by atoms with Crippen LogP contribution in [0.15, 0.2) is 60.0 Å². The van der Waals surface area contributed by atoms with Gasteiger partial charge in [-0.2, -0.15) is 0 Å². The van der Waals surface area contributed by atoms with Crippen LogP contribution in [0.2, 0.25) is 0 Å². The molecule has 1 N–H and O–H groups in total. The van der Waals surface area contributed by atoms with Crippen molar-refractivity contribution in [3.05, 3.63) is 81.5 Å². The Morgan fingerprint density at radius 3 is 2.71 bits per heavy atom. The highest BCUT2D eigenvalue weighted by atomic mass is 32.1. The van der Waals surface area contributed by atoms with Crippen LogP contribution in [0.5, 0.6) is 0 Å². The Bertz CT molecular complexity index is 1040. The minimum atomic E-state index is -0.0718. The lowest BCUT2D eigenvalue weighted by molar-refractivity contribution is 0.0342. The van der Waals surface area contributed by atoms with Crippen LogP contribution in [0.4, 0.5) is 11.4 Å². The summed E-state index contributed by atoms with van der Waals surface area (Å²) in [7, 11) is 0. The quantitative estimate of drug-likeness (QED) is 0.648. The Balaban J connectivity index is 1.21. The Labute approximate surface area is 187 Å². The van der Waals surface area contributed by atoms with Crippen LogP contribution < -0.4 is 10.2 Å². The minimum absolute atomic E-state index is 0.0718. The molecule has 1 fully saturated rings. The van der Waals surface area contributed by atoms with Gasteiger partial charge >= 0.3 is 0 Å². The summed E-state index contributed by atoms with van der Waals surface area (Å²) in [5.41, 5.74) is 5.30.